The number of nitrogens with one attached hydrogen (secondary N) is 3. The number of nitro groups is 1. The number of ether oxygens (including phenoxy) is 1. The van der Waals surface area contributed by atoms with Gasteiger partial charge in [0, 0.05) is 12.6 Å². The van der Waals surface area contributed by atoms with E-state index in [0.717, 1.165) is 31.9 Å². The van der Waals surface area contributed by atoms with Crippen LogP contribution in [-0.2, 0) is 9.53 Å². The standard InChI is InChI=1S/C18H28N6O6/c1-18(2,3)30-17(27)22-12-6-4-11(5-7-12)8-19-15-13(24(28)29)9-20-16(23-15)21-10-14(25)26/h9,11-12H,4-8,10H2,1-3H3,(H,22,27)(H,25,26)(H2,19,20,21,23)/t11-,12-. The Bertz CT molecular complexity index is 773. The smallest absolute Gasteiger partial charge is 0.407 e. The third-order valence-electron chi connectivity index (χ3n) is 4.49. The summed E-state index contributed by atoms with van der Waals surface area (Å²) in [5.41, 5.74) is -0.827. The number of rotatable bonds is 8. The number of aromatic nitrogens is 2. The predicted molar refractivity (Wildman–Crippen MR) is 108 cm³/mol. The molecule has 12 heteroatoms. The van der Waals surface area contributed by atoms with Crippen molar-refractivity contribution in [3.8, 4) is 0 Å². The first-order valence-electron chi connectivity index (χ1n) is 9.74. The maximum Gasteiger partial charge on any atom is 0.407 e. The molecule has 166 valence electrons. The first-order valence-corrected chi connectivity index (χ1v) is 9.74. The van der Waals surface area contributed by atoms with Gasteiger partial charge in [-0.1, -0.05) is 0 Å². The van der Waals surface area contributed by atoms with Crippen molar-refractivity contribution in [3.63, 3.8) is 0 Å². The summed E-state index contributed by atoms with van der Waals surface area (Å²) >= 11 is 0. The summed E-state index contributed by atoms with van der Waals surface area (Å²) in [6.07, 6.45) is 3.84. The van der Waals surface area contributed by atoms with Gasteiger partial charge in [0.1, 0.15) is 18.3 Å². The second-order valence-electron chi connectivity index (χ2n) is 8.18. The lowest BCUT2D eigenvalue weighted by Gasteiger charge is -2.30. The lowest BCUT2D eigenvalue weighted by molar-refractivity contribution is -0.384. The molecule has 1 aliphatic rings. The van der Waals surface area contributed by atoms with Crippen LogP contribution in [0.5, 0.6) is 0 Å². The highest BCUT2D eigenvalue weighted by molar-refractivity contribution is 5.72. The van der Waals surface area contributed by atoms with E-state index in [2.05, 4.69) is 25.9 Å². The van der Waals surface area contributed by atoms with Gasteiger partial charge in [0.05, 0.1) is 4.92 Å². The van der Waals surface area contributed by atoms with E-state index in [-0.39, 0.29) is 29.4 Å². The van der Waals surface area contributed by atoms with Gasteiger partial charge in [0.2, 0.25) is 11.8 Å². The molecule has 1 fully saturated rings. The number of amides is 1. The maximum absolute atomic E-state index is 11.9. The van der Waals surface area contributed by atoms with Crippen LogP contribution >= 0.6 is 0 Å². The molecule has 12 nitrogen and oxygen atoms in total. The van der Waals surface area contributed by atoms with Gasteiger partial charge in [-0.15, -0.1) is 0 Å². The van der Waals surface area contributed by atoms with Gasteiger partial charge in [0.15, 0.2) is 0 Å². The quantitative estimate of drug-likeness (QED) is 0.359. The van der Waals surface area contributed by atoms with E-state index in [1.165, 1.54) is 0 Å². The van der Waals surface area contributed by atoms with Crippen molar-refractivity contribution in [3.05, 3.63) is 16.3 Å². The average Bonchev–Trinajstić information content (AvgIpc) is 2.64. The third-order valence-corrected chi connectivity index (χ3v) is 4.49. The molecular weight excluding hydrogens is 396 g/mol. The zero-order chi connectivity index (χ0) is 22.3. The van der Waals surface area contributed by atoms with Crippen LogP contribution in [-0.4, -0.2) is 56.8 Å². The Balaban J connectivity index is 1.87. The third kappa shape index (κ3) is 7.68. The molecule has 0 aromatic carbocycles. The van der Waals surface area contributed by atoms with Gasteiger partial charge in [-0.2, -0.15) is 4.98 Å². The predicted octanol–water partition coefficient (Wildman–Crippen LogP) is 2.38. The van der Waals surface area contributed by atoms with Gasteiger partial charge >= 0.3 is 17.7 Å². The van der Waals surface area contributed by atoms with Gasteiger partial charge < -0.3 is 25.8 Å². The van der Waals surface area contributed by atoms with Gasteiger partial charge in [-0.25, -0.2) is 9.78 Å². The fraction of sp³-hybridized carbons (Fsp3) is 0.667. The van der Waals surface area contributed by atoms with Crippen molar-refractivity contribution < 1.29 is 24.4 Å². The maximum atomic E-state index is 11.9. The first-order chi connectivity index (χ1) is 14.0. The molecule has 4 N–H and O–H groups in total. The summed E-state index contributed by atoms with van der Waals surface area (Å²) in [5.74, 6) is -0.803. The Hall–Kier alpha value is -3.18. The van der Waals surface area contributed by atoms with Crippen LogP contribution in [0.1, 0.15) is 46.5 Å². The second kappa shape index (κ2) is 10.0. The Morgan fingerprint density at radius 1 is 1.27 bits per heavy atom. The largest absolute Gasteiger partial charge is 0.480 e. The average molecular weight is 424 g/mol. The van der Waals surface area contributed by atoms with E-state index < -0.39 is 29.1 Å². The van der Waals surface area contributed by atoms with Crippen LogP contribution in [0.25, 0.3) is 0 Å². The highest BCUT2D eigenvalue weighted by Crippen LogP contribution is 2.27. The normalized spacial score (nSPS) is 18.9. The Kier molecular flexibility index (Phi) is 7.72. The molecule has 30 heavy (non-hydrogen) atoms. The van der Waals surface area contributed by atoms with Crippen LogP contribution in [0.15, 0.2) is 6.20 Å². The number of hydrogen-bond donors (Lipinski definition) is 4. The number of carboxylic acids is 1. The number of alkyl carbamates (subject to hydrolysis) is 1. The molecule has 1 aromatic heterocycles. The number of anilines is 2. The minimum Gasteiger partial charge on any atom is -0.480 e. The van der Waals surface area contributed by atoms with Crippen LogP contribution < -0.4 is 16.0 Å². The van der Waals surface area contributed by atoms with Crippen molar-refractivity contribution in [2.24, 2.45) is 5.92 Å². The summed E-state index contributed by atoms with van der Waals surface area (Å²) in [4.78, 5) is 41.0. The highest BCUT2D eigenvalue weighted by Gasteiger charge is 2.26. The summed E-state index contributed by atoms with van der Waals surface area (Å²) in [5, 5.41) is 28.3. The van der Waals surface area contributed by atoms with Crippen LogP contribution in [0.4, 0.5) is 22.2 Å². The zero-order valence-corrected chi connectivity index (χ0v) is 17.3. The van der Waals surface area contributed by atoms with E-state index >= 15 is 0 Å². The van der Waals surface area contributed by atoms with E-state index in [0.29, 0.717) is 6.54 Å². The van der Waals surface area contributed by atoms with Crippen molar-refractivity contribution >= 4 is 29.5 Å². The molecule has 1 aromatic rings. The van der Waals surface area contributed by atoms with Crippen molar-refractivity contribution in [2.45, 2.75) is 58.1 Å². The van der Waals surface area contributed by atoms with Crippen LogP contribution in [0.2, 0.25) is 0 Å². The summed E-state index contributed by atoms with van der Waals surface area (Å²) < 4.78 is 5.27. The van der Waals surface area contributed by atoms with Crippen molar-refractivity contribution in [2.75, 3.05) is 23.7 Å². The zero-order valence-electron chi connectivity index (χ0n) is 17.3. The molecule has 0 aliphatic heterocycles. The summed E-state index contributed by atoms with van der Waals surface area (Å²) in [6, 6.07) is 0.0382. The molecular formula is C18H28N6O6. The van der Waals surface area contributed by atoms with Gasteiger partial charge in [-0.05, 0) is 52.4 Å². The Labute approximate surface area is 174 Å². The number of nitrogens with zero attached hydrogens (tertiary/aromatic N) is 3. The molecule has 0 atom stereocenters. The molecule has 1 heterocycles. The number of hydrogen-bond acceptors (Lipinski definition) is 9. The van der Waals surface area contributed by atoms with E-state index in [4.69, 9.17) is 9.84 Å². The topological polar surface area (TPSA) is 169 Å². The van der Waals surface area contributed by atoms with Crippen molar-refractivity contribution in [1.82, 2.24) is 15.3 Å². The SMILES string of the molecule is CC(C)(C)OC(=O)N[C@H]1CC[C@H](CNc2nc(NCC(=O)O)ncc2[N+](=O)[O-])CC1. The lowest BCUT2D eigenvalue weighted by atomic mass is 9.86. The molecule has 1 aliphatic carbocycles. The summed E-state index contributed by atoms with van der Waals surface area (Å²) in [6.45, 7) is 5.50. The molecule has 0 unspecified atom stereocenters. The lowest BCUT2D eigenvalue weighted by Crippen LogP contribution is -2.41. The Morgan fingerprint density at radius 2 is 1.93 bits per heavy atom. The minimum atomic E-state index is -1.09. The molecule has 0 radical (unpaired) electrons. The number of carbonyl (C=O) groups excluding carboxylic acids is 1. The van der Waals surface area contributed by atoms with Gasteiger partial charge in [0.25, 0.3) is 0 Å². The second-order valence-corrected chi connectivity index (χ2v) is 8.18. The molecule has 0 bridgehead atoms. The van der Waals surface area contributed by atoms with E-state index in [9.17, 15) is 19.7 Å². The molecule has 0 spiro atoms. The monoisotopic (exact) mass is 424 g/mol. The Morgan fingerprint density at radius 3 is 2.50 bits per heavy atom. The molecule has 2 rings (SSSR count). The van der Waals surface area contributed by atoms with Crippen LogP contribution in [0.3, 0.4) is 0 Å². The van der Waals surface area contributed by atoms with E-state index in [1.807, 2.05) is 20.8 Å². The fourth-order valence-corrected chi connectivity index (χ4v) is 3.11. The fourth-order valence-electron chi connectivity index (χ4n) is 3.11. The number of carboxylic acid groups (broad SMARTS) is 1. The number of carbonyl (C=O) groups is 2. The summed E-state index contributed by atoms with van der Waals surface area (Å²) in [7, 11) is 0. The van der Waals surface area contributed by atoms with Gasteiger partial charge in [-0.3, -0.25) is 14.9 Å². The first kappa shape index (κ1) is 23.1. The van der Waals surface area contributed by atoms with Crippen molar-refractivity contribution in [1.29, 1.82) is 0 Å². The van der Waals surface area contributed by atoms with Crippen LogP contribution in [0, 0.1) is 16.0 Å². The molecule has 0 saturated heterocycles. The minimum absolute atomic E-state index is 0.00392. The molecule has 1 saturated carbocycles. The highest BCUT2D eigenvalue weighted by atomic mass is 16.6. The number of aliphatic carboxylic acids is 1. The molecule has 1 amide bonds. The van der Waals surface area contributed by atoms with E-state index in [1.54, 1.807) is 0 Å².